The van der Waals surface area contributed by atoms with Gasteiger partial charge in [-0.15, -0.1) is 0 Å². The van der Waals surface area contributed by atoms with Crippen LogP contribution in [0.3, 0.4) is 0 Å². The molecule has 5 nitrogen and oxygen atoms in total. The highest BCUT2D eigenvalue weighted by atomic mass is 32.2. The van der Waals surface area contributed by atoms with Crippen molar-refractivity contribution in [1.29, 1.82) is 0 Å². The normalized spacial score (nSPS) is 10.6. The summed E-state index contributed by atoms with van der Waals surface area (Å²) < 4.78 is 0. The number of amides is 2. The standard InChI is InChI=1S/C14H17N3O2S/c15-13(18)8-17-14(19)5-6-20-9-10-7-16-12-4-2-1-3-11(10)12/h1-4,7,16H,5-6,8-9H2,(H2,15,18)(H,17,19). The van der Waals surface area contributed by atoms with E-state index < -0.39 is 5.91 Å². The molecular weight excluding hydrogens is 274 g/mol. The molecule has 20 heavy (non-hydrogen) atoms. The fraction of sp³-hybridized carbons (Fsp3) is 0.286. The van der Waals surface area contributed by atoms with Gasteiger partial charge in [0.15, 0.2) is 0 Å². The molecule has 0 aliphatic heterocycles. The smallest absolute Gasteiger partial charge is 0.236 e. The van der Waals surface area contributed by atoms with Gasteiger partial charge in [-0.2, -0.15) is 11.8 Å². The van der Waals surface area contributed by atoms with Crippen LogP contribution in [-0.2, 0) is 15.3 Å². The van der Waals surface area contributed by atoms with Crippen LogP contribution in [0.15, 0.2) is 30.5 Å². The highest BCUT2D eigenvalue weighted by Crippen LogP contribution is 2.22. The van der Waals surface area contributed by atoms with Crippen molar-refractivity contribution in [1.82, 2.24) is 10.3 Å². The van der Waals surface area contributed by atoms with E-state index >= 15 is 0 Å². The molecule has 4 N–H and O–H groups in total. The van der Waals surface area contributed by atoms with E-state index in [9.17, 15) is 9.59 Å². The minimum absolute atomic E-state index is 0.0913. The summed E-state index contributed by atoms with van der Waals surface area (Å²) >= 11 is 1.69. The molecule has 2 amide bonds. The highest BCUT2D eigenvalue weighted by Gasteiger charge is 2.05. The Labute approximate surface area is 121 Å². The zero-order chi connectivity index (χ0) is 14.4. The van der Waals surface area contributed by atoms with E-state index in [0.717, 1.165) is 11.3 Å². The average Bonchev–Trinajstić information content (AvgIpc) is 2.85. The Morgan fingerprint density at radius 1 is 1.30 bits per heavy atom. The first-order valence-corrected chi connectivity index (χ1v) is 7.50. The zero-order valence-corrected chi connectivity index (χ0v) is 11.8. The third kappa shape index (κ3) is 4.03. The number of hydrogen-bond acceptors (Lipinski definition) is 3. The first-order valence-electron chi connectivity index (χ1n) is 6.34. The number of aromatic nitrogens is 1. The molecule has 0 aliphatic carbocycles. The molecule has 1 heterocycles. The summed E-state index contributed by atoms with van der Waals surface area (Å²) in [6.45, 7) is -0.0913. The van der Waals surface area contributed by atoms with Crippen LogP contribution in [-0.4, -0.2) is 29.1 Å². The number of aromatic amines is 1. The van der Waals surface area contributed by atoms with Crippen LogP contribution in [0, 0.1) is 0 Å². The second-order valence-corrected chi connectivity index (χ2v) is 5.51. The van der Waals surface area contributed by atoms with Gasteiger partial charge in [-0.05, 0) is 11.6 Å². The van der Waals surface area contributed by atoms with E-state index in [2.05, 4.69) is 16.4 Å². The van der Waals surface area contributed by atoms with Gasteiger partial charge in [0.2, 0.25) is 11.8 Å². The van der Waals surface area contributed by atoms with Crippen molar-refractivity contribution in [3.8, 4) is 0 Å². The van der Waals surface area contributed by atoms with Gasteiger partial charge < -0.3 is 16.0 Å². The van der Waals surface area contributed by atoms with Gasteiger partial charge in [0.25, 0.3) is 0 Å². The lowest BCUT2D eigenvalue weighted by Gasteiger charge is -2.03. The monoisotopic (exact) mass is 291 g/mol. The van der Waals surface area contributed by atoms with Crippen molar-refractivity contribution in [2.75, 3.05) is 12.3 Å². The molecule has 0 saturated heterocycles. The van der Waals surface area contributed by atoms with E-state index in [1.807, 2.05) is 24.4 Å². The second kappa shape index (κ2) is 7.00. The molecular formula is C14H17N3O2S. The van der Waals surface area contributed by atoms with E-state index in [0.29, 0.717) is 12.2 Å². The lowest BCUT2D eigenvalue weighted by Crippen LogP contribution is -2.33. The number of thioether (sulfide) groups is 1. The van der Waals surface area contributed by atoms with E-state index in [1.54, 1.807) is 11.8 Å². The van der Waals surface area contributed by atoms with Crippen molar-refractivity contribution in [2.24, 2.45) is 5.73 Å². The molecule has 0 spiro atoms. The molecule has 106 valence electrons. The van der Waals surface area contributed by atoms with Crippen molar-refractivity contribution >= 4 is 34.5 Å². The van der Waals surface area contributed by atoms with Gasteiger partial charge in [0, 0.05) is 35.0 Å². The number of fused-ring (bicyclic) bond motifs is 1. The van der Waals surface area contributed by atoms with Crippen molar-refractivity contribution in [3.05, 3.63) is 36.0 Å². The predicted molar refractivity (Wildman–Crippen MR) is 81.3 cm³/mol. The largest absolute Gasteiger partial charge is 0.368 e. The minimum atomic E-state index is -0.523. The fourth-order valence-corrected chi connectivity index (χ4v) is 2.80. The first-order chi connectivity index (χ1) is 9.66. The maximum atomic E-state index is 11.4. The van der Waals surface area contributed by atoms with Gasteiger partial charge in [-0.3, -0.25) is 9.59 Å². The number of benzene rings is 1. The molecule has 0 aliphatic rings. The molecule has 0 saturated carbocycles. The molecule has 0 atom stereocenters. The van der Waals surface area contributed by atoms with Crippen LogP contribution in [0.25, 0.3) is 10.9 Å². The van der Waals surface area contributed by atoms with E-state index in [1.165, 1.54) is 10.9 Å². The van der Waals surface area contributed by atoms with Gasteiger partial charge in [0.05, 0.1) is 6.54 Å². The average molecular weight is 291 g/mol. The van der Waals surface area contributed by atoms with Crippen molar-refractivity contribution in [2.45, 2.75) is 12.2 Å². The Balaban J connectivity index is 1.73. The van der Waals surface area contributed by atoms with E-state index in [4.69, 9.17) is 5.73 Å². The lowest BCUT2D eigenvalue weighted by molar-refractivity contribution is -0.124. The highest BCUT2D eigenvalue weighted by molar-refractivity contribution is 7.98. The maximum Gasteiger partial charge on any atom is 0.236 e. The molecule has 2 aromatic rings. The van der Waals surface area contributed by atoms with Crippen LogP contribution in [0.2, 0.25) is 0 Å². The Bertz CT molecular complexity index is 609. The van der Waals surface area contributed by atoms with Gasteiger partial charge >= 0.3 is 0 Å². The summed E-state index contributed by atoms with van der Waals surface area (Å²) in [7, 11) is 0. The van der Waals surface area contributed by atoms with Crippen molar-refractivity contribution in [3.63, 3.8) is 0 Å². The number of para-hydroxylation sites is 1. The second-order valence-electron chi connectivity index (χ2n) is 4.41. The van der Waals surface area contributed by atoms with Crippen LogP contribution in [0.4, 0.5) is 0 Å². The fourth-order valence-electron chi connectivity index (χ4n) is 1.87. The number of hydrogen-bond donors (Lipinski definition) is 3. The number of nitrogens with two attached hydrogens (primary N) is 1. The van der Waals surface area contributed by atoms with Crippen LogP contribution < -0.4 is 11.1 Å². The van der Waals surface area contributed by atoms with Gasteiger partial charge in [0.1, 0.15) is 0 Å². The van der Waals surface area contributed by atoms with Gasteiger partial charge in [-0.25, -0.2) is 0 Å². The Morgan fingerprint density at radius 2 is 2.10 bits per heavy atom. The summed E-state index contributed by atoms with van der Waals surface area (Å²) in [4.78, 5) is 25.1. The summed E-state index contributed by atoms with van der Waals surface area (Å²) in [5.41, 5.74) is 7.32. The van der Waals surface area contributed by atoms with Crippen LogP contribution in [0.5, 0.6) is 0 Å². The van der Waals surface area contributed by atoms with Crippen LogP contribution in [0.1, 0.15) is 12.0 Å². The molecule has 6 heteroatoms. The summed E-state index contributed by atoms with van der Waals surface area (Å²) in [6.07, 6.45) is 2.39. The number of primary amides is 1. The number of rotatable bonds is 7. The topological polar surface area (TPSA) is 88.0 Å². The number of carbonyl (C=O) groups excluding carboxylic acids is 2. The van der Waals surface area contributed by atoms with E-state index in [-0.39, 0.29) is 12.5 Å². The molecule has 0 unspecified atom stereocenters. The maximum absolute atomic E-state index is 11.4. The molecule has 0 fully saturated rings. The number of nitrogens with one attached hydrogen (secondary N) is 2. The third-order valence-corrected chi connectivity index (χ3v) is 3.87. The van der Waals surface area contributed by atoms with Crippen molar-refractivity contribution < 1.29 is 9.59 Å². The molecule has 1 aromatic heterocycles. The zero-order valence-electron chi connectivity index (χ0n) is 11.0. The SMILES string of the molecule is NC(=O)CNC(=O)CCSCc1c[nH]c2ccccc12. The summed E-state index contributed by atoms with van der Waals surface area (Å²) in [6, 6.07) is 8.14. The Hall–Kier alpha value is -1.95. The molecule has 0 bridgehead atoms. The molecule has 0 radical (unpaired) electrons. The quantitative estimate of drug-likeness (QED) is 0.674. The first kappa shape index (κ1) is 14.5. The molecule has 2 rings (SSSR count). The third-order valence-electron chi connectivity index (χ3n) is 2.87. The predicted octanol–water partition coefficient (Wildman–Crippen LogP) is 1.39. The minimum Gasteiger partial charge on any atom is -0.368 e. The summed E-state index contributed by atoms with van der Waals surface area (Å²) in [5, 5.41) is 3.69. The lowest BCUT2D eigenvalue weighted by atomic mass is 10.2. The summed E-state index contributed by atoms with van der Waals surface area (Å²) in [5.74, 6) is 0.900. The Morgan fingerprint density at radius 3 is 2.90 bits per heavy atom. The number of H-pyrrole nitrogens is 1. The van der Waals surface area contributed by atoms with Crippen LogP contribution >= 0.6 is 11.8 Å². The Kier molecular flexibility index (Phi) is 5.06. The number of carbonyl (C=O) groups is 2. The van der Waals surface area contributed by atoms with Gasteiger partial charge in [-0.1, -0.05) is 18.2 Å². The molecule has 1 aromatic carbocycles.